The smallest absolute Gasteiger partial charge is 0.139 e. The summed E-state index contributed by atoms with van der Waals surface area (Å²) in [6.07, 6.45) is 0. The van der Waals surface area contributed by atoms with Crippen molar-refractivity contribution in [2.45, 2.75) is 12.3 Å². The molecule has 0 saturated heterocycles. The standard InChI is InChI=1S/C50H31NOS2/c1-50(41-16-6-2-11-33(41)34-12-3-7-17-42(34)50)43-18-10-15-39-40-27-30(23-26-44(40)52-49(39)43)51(31-21-24-37-35-13-4-8-19-45(35)53-47(37)28-31)32-22-25-38-36-14-5-9-20-46(36)54-48(38)29-32/h2-29H,1H3. The third-order valence-electron chi connectivity index (χ3n) is 11.7. The zero-order valence-corrected chi connectivity index (χ0v) is 31.0. The first-order chi connectivity index (χ1) is 26.6. The summed E-state index contributed by atoms with van der Waals surface area (Å²) in [5.74, 6) is 0. The molecule has 3 aromatic heterocycles. The molecule has 0 saturated carbocycles. The molecule has 0 fully saturated rings. The molecule has 0 amide bonds. The van der Waals surface area contributed by atoms with Crippen LogP contribution in [0.1, 0.15) is 23.6 Å². The van der Waals surface area contributed by atoms with E-state index in [0.29, 0.717) is 0 Å². The van der Waals surface area contributed by atoms with Crippen LogP contribution in [-0.4, -0.2) is 0 Å². The number of hydrogen-bond acceptors (Lipinski definition) is 4. The van der Waals surface area contributed by atoms with Gasteiger partial charge in [0.1, 0.15) is 11.2 Å². The molecule has 0 bridgehead atoms. The van der Waals surface area contributed by atoms with Gasteiger partial charge in [-0.1, -0.05) is 115 Å². The Morgan fingerprint density at radius 3 is 1.52 bits per heavy atom. The Hall–Kier alpha value is -6.20. The molecule has 0 spiro atoms. The van der Waals surface area contributed by atoms with Crippen LogP contribution in [0.2, 0.25) is 0 Å². The van der Waals surface area contributed by atoms with Crippen molar-refractivity contribution in [2.24, 2.45) is 0 Å². The molecule has 1 aliphatic carbocycles. The summed E-state index contributed by atoms with van der Waals surface area (Å²) >= 11 is 3.72. The maximum atomic E-state index is 6.90. The number of furan rings is 1. The first kappa shape index (κ1) is 30.3. The number of para-hydroxylation sites is 1. The van der Waals surface area contributed by atoms with Gasteiger partial charge in [0.15, 0.2) is 0 Å². The van der Waals surface area contributed by atoms with E-state index >= 15 is 0 Å². The van der Waals surface area contributed by atoms with Crippen molar-refractivity contribution in [1.82, 2.24) is 0 Å². The van der Waals surface area contributed by atoms with Crippen LogP contribution in [0.4, 0.5) is 17.1 Å². The highest BCUT2D eigenvalue weighted by atomic mass is 32.1. The topological polar surface area (TPSA) is 16.4 Å². The second kappa shape index (κ2) is 11.2. The van der Waals surface area contributed by atoms with Crippen molar-refractivity contribution in [3.63, 3.8) is 0 Å². The maximum absolute atomic E-state index is 6.90. The second-order valence-corrected chi connectivity index (χ2v) is 16.7. The van der Waals surface area contributed by atoms with Crippen LogP contribution in [0.15, 0.2) is 174 Å². The van der Waals surface area contributed by atoms with Crippen molar-refractivity contribution < 1.29 is 4.42 Å². The lowest BCUT2D eigenvalue weighted by atomic mass is 9.74. The van der Waals surface area contributed by atoms with Crippen LogP contribution in [-0.2, 0) is 5.41 Å². The number of hydrogen-bond donors (Lipinski definition) is 0. The third-order valence-corrected chi connectivity index (χ3v) is 14.0. The lowest BCUT2D eigenvalue weighted by molar-refractivity contribution is 0.638. The van der Waals surface area contributed by atoms with Crippen molar-refractivity contribution >= 4 is 102 Å². The predicted molar refractivity (Wildman–Crippen MR) is 232 cm³/mol. The molecule has 0 aliphatic heterocycles. The van der Waals surface area contributed by atoms with E-state index in [0.717, 1.165) is 39.0 Å². The van der Waals surface area contributed by atoms with Gasteiger partial charge in [0.05, 0.1) is 0 Å². The van der Waals surface area contributed by atoms with Gasteiger partial charge in [-0.25, -0.2) is 0 Å². The first-order valence-corrected chi connectivity index (χ1v) is 20.0. The van der Waals surface area contributed by atoms with E-state index in [2.05, 4.69) is 182 Å². The Kier molecular flexibility index (Phi) is 6.26. The minimum Gasteiger partial charge on any atom is -0.456 e. The molecule has 254 valence electrons. The van der Waals surface area contributed by atoms with E-state index in [1.165, 1.54) is 68.2 Å². The van der Waals surface area contributed by atoms with Crippen LogP contribution in [0.3, 0.4) is 0 Å². The van der Waals surface area contributed by atoms with Gasteiger partial charge in [0.25, 0.3) is 0 Å². The van der Waals surface area contributed by atoms with E-state index in [9.17, 15) is 0 Å². The first-order valence-electron chi connectivity index (χ1n) is 18.4. The van der Waals surface area contributed by atoms with Gasteiger partial charge in [-0.2, -0.15) is 0 Å². The molecule has 8 aromatic carbocycles. The Morgan fingerprint density at radius 1 is 0.407 bits per heavy atom. The average Bonchev–Trinajstić information content (AvgIpc) is 3.96. The van der Waals surface area contributed by atoms with Crippen LogP contribution in [0.25, 0.3) is 73.4 Å². The van der Waals surface area contributed by atoms with Crippen molar-refractivity contribution in [3.05, 3.63) is 187 Å². The number of thiophene rings is 2. The Balaban J connectivity index is 1.07. The monoisotopic (exact) mass is 725 g/mol. The summed E-state index contributed by atoms with van der Waals surface area (Å²) in [7, 11) is 0. The van der Waals surface area contributed by atoms with Gasteiger partial charge in [-0.3, -0.25) is 0 Å². The van der Waals surface area contributed by atoms with Crippen molar-refractivity contribution in [3.8, 4) is 11.1 Å². The summed E-state index contributed by atoms with van der Waals surface area (Å²) < 4.78 is 12.1. The summed E-state index contributed by atoms with van der Waals surface area (Å²) in [5.41, 5.74) is 11.3. The molecule has 0 radical (unpaired) electrons. The molecule has 3 heterocycles. The highest BCUT2D eigenvalue weighted by molar-refractivity contribution is 7.26. The molecule has 1 aliphatic rings. The normalized spacial score (nSPS) is 13.4. The minimum absolute atomic E-state index is 0.352. The summed E-state index contributed by atoms with van der Waals surface area (Å²) in [6, 6.07) is 62.4. The molecule has 0 unspecified atom stereocenters. The van der Waals surface area contributed by atoms with E-state index in [-0.39, 0.29) is 5.41 Å². The predicted octanol–water partition coefficient (Wildman–Crippen LogP) is 15.1. The summed E-state index contributed by atoms with van der Waals surface area (Å²) in [6.45, 7) is 2.36. The fourth-order valence-corrected chi connectivity index (χ4v) is 11.5. The van der Waals surface area contributed by atoms with E-state index in [4.69, 9.17) is 4.42 Å². The Morgan fingerprint density at radius 2 is 0.889 bits per heavy atom. The largest absolute Gasteiger partial charge is 0.456 e. The van der Waals surface area contributed by atoms with Gasteiger partial charge >= 0.3 is 0 Å². The summed E-state index contributed by atoms with van der Waals surface area (Å²) in [5, 5.41) is 7.46. The Bertz CT molecular complexity index is 3170. The van der Waals surface area contributed by atoms with Crippen LogP contribution in [0, 0.1) is 0 Å². The molecule has 4 heteroatoms. The van der Waals surface area contributed by atoms with Crippen molar-refractivity contribution in [1.29, 1.82) is 0 Å². The molecular weight excluding hydrogens is 695 g/mol. The van der Waals surface area contributed by atoms with Crippen LogP contribution < -0.4 is 4.90 Å². The fourth-order valence-electron chi connectivity index (χ4n) is 9.22. The third kappa shape index (κ3) is 4.15. The SMILES string of the molecule is CC1(c2cccc3c2oc2ccc(N(c4ccc5c(c4)sc4ccccc45)c4ccc5c(c4)sc4ccccc45)cc23)c2ccccc2-c2ccccc21. The van der Waals surface area contributed by atoms with Crippen LogP contribution in [0.5, 0.6) is 0 Å². The second-order valence-electron chi connectivity index (χ2n) is 14.6. The van der Waals surface area contributed by atoms with Gasteiger partial charge in [-0.05, 0) is 83.8 Å². The maximum Gasteiger partial charge on any atom is 0.139 e. The van der Waals surface area contributed by atoms with Gasteiger partial charge < -0.3 is 9.32 Å². The van der Waals surface area contributed by atoms with Crippen molar-refractivity contribution in [2.75, 3.05) is 4.90 Å². The number of fused-ring (bicyclic) bond motifs is 12. The molecular formula is C50H31NOS2. The highest BCUT2D eigenvalue weighted by Crippen LogP contribution is 2.54. The van der Waals surface area contributed by atoms with Gasteiger partial charge in [0.2, 0.25) is 0 Å². The number of anilines is 3. The summed E-state index contributed by atoms with van der Waals surface area (Å²) in [4.78, 5) is 2.42. The van der Waals surface area contributed by atoms with E-state index in [1.807, 2.05) is 22.7 Å². The van der Waals surface area contributed by atoms with E-state index in [1.54, 1.807) is 0 Å². The number of benzene rings is 8. The van der Waals surface area contributed by atoms with Gasteiger partial charge in [-0.15, -0.1) is 22.7 Å². The highest BCUT2D eigenvalue weighted by Gasteiger charge is 2.42. The van der Waals surface area contributed by atoms with Crippen LogP contribution >= 0.6 is 22.7 Å². The van der Waals surface area contributed by atoms with E-state index < -0.39 is 0 Å². The minimum atomic E-state index is -0.352. The molecule has 0 atom stereocenters. The number of rotatable bonds is 4. The molecule has 54 heavy (non-hydrogen) atoms. The molecule has 12 rings (SSSR count). The Labute approximate surface area is 319 Å². The molecule has 2 nitrogen and oxygen atoms in total. The molecule has 11 aromatic rings. The lowest BCUT2D eigenvalue weighted by Gasteiger charge is -2.28. The lowest BCUT2D eigenvalue weighted by Crippen LogP contribution is -2.22. The fraction of sp³-hybridized carbons (Fsp3) is 0.0400. The zero-order chi connectivity index (χ0) is 35.5. The quantitative estimate of drug-likeness (QED) is 0.180. The average molecular weight is 726 g/mol. The number of nitrogens with zero attached hydrogens (tertiary/aromatic N) is 1. The van der Waals surface area contributed by atoms with Gasteiger partial charge in [0, 0.05) is 79.2 Å². The zero-order valence-electron chi connectivity index (χ0n) is 29.3. The molecule has 0 N–H and O–H groups in total.